The van der Waals surface area contributed by atoms with Crippen LogP contribution in [0.15, 0.2) is 200 Å². The molecule has 3 aliphatic rings. The number of fused-ring (bicyclic) bond motifs is 3. The second-order valence-corrected chi connectivity index (χ2v) is 32.9. The van der Waals surface area contributed by atoms with Crippen molar-refractivity contribution in [1.82, 2.24) is 35.0 Å². The molecule has 5 atom stereocenters. The Morgan fingerprint density at radius 2 is 0.673 bits per heavy atom. The first kappa shape index (κ1) is 80.0. The van der Waals surface area contributed by atoms with Crippen LogP contribution in [-0.4, -0.2) is 59.6 Å². The van der Waals surface area contributed by atoms with Crippen LogP contribution in [0.2, 0.25) is 0 Å². The van der Waals surface area contributed by atoms with Crippen molar-refractivity contribution in [3.8, 4) is 0 Å². The maximum absolute atomic E-state index is 13.2. The number of aliphatic carboxylic acids is 2. The van der Waals surface area contributed by atoms with Crippen molar-refractivity contribution >= 4 is 62.4 Å². The van der Waals surface area contributed by atoms with Gasteiger partial charge in [-0.2, -0.15) is 0 Å². The van der Waals surface area contributed by atoms with Crippen molar-refractivity contribution < 1.29 is 34.2 Å². The molecule has 3 amide bonds. The summed E-state index contributed by atoms with van der Waals surface area (Å²) in [6, 6.07) is 68.5. The number of aryl methyl sites for hydroxylation is 3. The van der Waals surface area contributed by atoms with Crippen molar-refractivity contribution in [1.29, 1.82) is 0 Å². The van der Waals surface area contributed by atoms with Gasteiger partial charge in [0, 0.05) is 92.7 Å². The summed E-state index contributed by atoms with van der Waals surface area (Å²) in [6.45, 7) is 29.6. The molecule has 14 nitrogen and oxygen atoms in total. The first-order valence-electron chi connectivity index (χ1n) is 40.6. The average molecular weight is 1510 g/mol. The molecule has 12 aromatic rings. The SMILES string of the molecule is Cc1c(C)n(Cc2cccc(CC(C)C(=O)O)c2)c2ccc(C(=O)N[C@@H](C)c3cccc(C4CC4)c3)cc12.Cc1c(C)n(Cc2cccc(CC(C)C)c2)c2ccc(C(=O)N[C@@H](C)c3cccc(C4CC4)c3)cc12.Cc1c(C)n(Cc2cccc(CN[C@@H](C)C(=O)O)c2)c2ccc(C(=O)N[C@@H](C)c3cccc(C4CC4)c3)cc12. The van der Waals surface area contributed by atoms with E-state index in [4.69, 9.17) is 5.11 Å². The second-order valence-electron chi connectivity index (χ2n) is 32.9. The zero-order valence-electron chi connectivity index (χ0n) is 68.0. The third-order valence-electron chi connectivity index (χ3n) is 23.7. The molecule has 3 aliphatic carbocycles. The van der Waals surface area contributed by atoms with Crippen LogP contribution in [0.4, 0.5) is 0 Å². The molecular weight excluding hydrogens is 1400 g/mol. The van der Waals surface area contributed by atoms with Crippen LogP contribution in [0.5, 0.6) is 0 Å². The van der Waals surface area contributed by atoms with Gasteiger partial charge in [-0.15, -0.1) is 0 Å². The third kappa shape index (κ3) is 19.3. The summed E-state index contributed by atoms with van der Waals surface area (Å²) < 4.78 is 6.94. The molecule has 0 radical (unpaired) electrons. The number of hydrogen-bond donors (Lipinski definition) is 6. The Morgan fingerprint density at radius 3 is 0.991 bits per heavy atom. The van der Waals surface area contributed by atoms with Gasteiger partial charge >= 0.3 is 11.9 Å². The summed E-state index contributed by atoms with van der Waals surface area (Å²) in [4.78, 5) is 62.1. The van der Waals surface area contributed by atoms with Gasteiger partial charge < -0.3 is 45.2 Å². The first-order valence-corrected chi connectivity index (χ1v) is 40.6. The quantitative estimate of drug-likeness (QED) is 0.0293. The van der Waals surface area contributed by atoms with Crippen molar-refractivity contribution in [3.05, 3.63) is 317 Å². The van der Waals surface area contributed by atoms with Gasteiger partial charge in [0.15, 0.2) is 0 Å². The van der Waals surface area contributed by atoms with Gasteiger partial charge in [0.1, 0.15) is 6.04 Å². The minimum absolute atomic E-state index is 0.0209. The smallest absolute Gasteiger partial charge is 0.320 e. The molecule has 0 bridgehead atoms. The zero-order valence-corrected chi connectivity index (χ0v) is 68.0. The molecule has 15 rings (SSSR count). The predicted octanol–water partition coefficient (Wildman–Crippen LogP) is 21.0. The number of benzene rings is 9. The average Bonchev–Trinajstić information content (AvgIpc) is 1.63. The van der Waals surface area contributed by atoms with Crippen LogP contribution in [0.3, 0.4) is 0 Å². The summed E-state index contributed by atoms with van der Waals surface area (Å²) in [7, 11) is 0. The lowest BCUT2D eigenvalue weighted by molar-refractivity contribution is -0.141. The Balaban J connectivity index is 0.000000148. The van der Waals surface area contributed by atoms with Crippen LogP contribution in [0.25, 0.3) is 32.7 Å². The number of nitrogens with zero attached hydrogens (tertiary/aromatic N) is 3. The molecule has 3 heterocycles. The fourth-order valence-electron chi connectivity index (χ4n) is 15.9. The number of nitrogens with one attached hydrogen (secondary N) is 4. The lowest BCUT2D eigenvalue weighted by Gasteiger charge is -2.16. The van der Waals surface area contributed by atoms with E-state index < -0.39 is 23.9 Å². The van der Waals surface area contributed by atoms with Crippen LogP contribution >= 0.6 is 0 Å². The third-order valence-corrected chi connectivity index (χ3v) is 23.7. The molecule has 3 aromatic heterocycles. The fourth-order valence-corrected chi connectivity index (χ4v) is 15.9. The molecule has 0 saturated heterocycles. The Labute approximate surface area is 666 Å². The number of rotatable bonds is 27. The van der Waals surface area contributed by atoms with E-state index in [0.717, 1.165) is 96.1 Å². The highest BCUT2D eigenvalue weighted by atomic mass is 16.4. The molecule has 6 N–H and O–H groups in total. The number of aromatic nitrogens is 3. The molecular formula is C99H111N7O7. The van der Waals surface area contributed by atoms with Gasteiger partial charge in [-0.3, -0.25) is 24.0 Å². The Morgan fingerprint density at radius 1 is 0.363 bits per heavy atom. The summed E-state index contributed by atoms with van der Waals surface area (Å²) >= 11 is 0. The lowest BCUT2D eigenvalue weighted by Crippen LogP contribution is -2.33. The molecule has 9 aromatic carbocycles. The van der Waals surface area contributed by atoms with E-state index in [1.807, 2.05) is 80.6 Å². The van der Waals surface area contributed by atoms with E-state index in [1.165, 1.54) is 88.7 Å². The standard InChI is InChI=1S/C33H37N3O3.C33H36N2O3.C33H38N2O/c1-20-23(4)36(19-25-8-5-7-24(15-25)18-34-22(3)33(38)39)31-14-13-29(17-30(20)31)32(37)35-21(2)27-9-6-10-28(16-27)26-11-12-26;1-20(33(37)38)15-24-7-5-8-25(16-24)19-35-23(4)21(2)30-18-29(13-14-31(30)35)32(36)34-22(3)27-9-6-10-28(17-27)26-11-12-26;1-21(2)16-25-8-6-9-26(17-25)20-35-24(5)22(3)31-19-30(14-15-32(31)35)33(36)34-23(4)28-10-7-11-29(18-28)27-12-13-27/h5-10,13-17,21-22,26,34H,11-12,18-19H2,1-4H3,(H,35,37)(H,38,39);5-10,13-14,16-18,20,22,26H,11-12,15,19H2,1-4H3,(H,34,36)(H,37,38);6-11,14-15,17-19,21,23,27H,12-13,16,20H2,1-5H3,(H,34,36)/t21-,22-;20?,22-;23-/m000/s1. The molecule has 3 saturated carbocycles. The maximum atomic E-state index is 13.2. The normalized spacial score (nSPS) is 14.7. The number of carboxylic acids is 2. The van der Waals surface area contributed by atoms with E-state index in [0.29, 0.717) is 66.4 Å². The highest BCUT2D eigenvalue weighted by Gasteiger charge is 2.28. The van der Waals surface area contributed by atoms with Gasteiger partial charge in [0.25, 0.3) is 17.7 Å². The first-order chi connectivity index (χ1) is 54.2. The molecule has 3 fully saturated rings. The van der Waals surface area contributed by atoms with E-state index in [2.05, 4.69) is 231 Å². The molecule has 113 heavy (non-hydrogen) atoms. The van der Waals surface area contributed by atoms with Crippen molar-refractivity contribution in [2.75, 3.05) is 0 Å². The van der Waals surface area contributed by atoms with Gasteiger partial charge in [-0.05, 0) is 282 Å². The van der Waals surface area contributed by atoms with Gasteiger partial charge in [-0.1, -0.05) is 166 Å². The van der Waals surface area contributed by atoms with Crippen LogP contribution in [-0.2, 0) is 48.6 Å². The largest absolute Gasteiger partial charge is 0.481 e. The summed E-state index contributed by atoms with van der Waals surface area (Å²) in [5.74, 6) is 0.512. The molecule has 14 heteroatoms. The lowest BCUT2D eigenvalue weighted by atomic mass is 9.99. The minimum Gasteiger partial charge on any atom is -0.481 e. The van der Waals surface area contributed by atoms with E-state index >= 15 is 0 Å². The minimum atomic E-state index is -0.860. The summed E-state index contributed by atoms with van der Waals surface area (Å²) in [5.41, 5.74) is 27.2. The van der Waals surface area contributed by atoms with E-state index in [1.54, 1.807) is 13.8 Å². The molecule has 584 valence electrons. The van der Waals surface area contributed by atoms with E-state index in [-0.39, 0.29) is 35.8 Å². The number of hydrogen-bond acceptors (Lipinski definition) is 6. The Bertz CT molecular complexity index is 5530. The molecule has 0 aliphatic heterocycles. The Kier molecular flexibility index (Phi) is 24.7. The second kappa shape index (κ2) is 34.9. The van der Waals surface area contributed by atoms with Gasteiger partial charge in [-0.25, -0.2) is 0 Å². The molecule has 0 spiro atoms. The van der Waals surface area contributed by atoms with Crippen molar-refractivity contribution in [2.45, 2.75) is 209 Å². The van der Waals surface area contributed by atoms with Crippen molar-refractivity contribution in [2.24, 2.45) is 11.8 Å². The highest BCUT2D eigenvalue weighted by Crippen LogP contribution is 2.43. The highest BCUT2D eigenvalue weighted by molar-refractivity contribution is 6.01. The van der Waals surface area contributed by atoms with Gasteiger partial charge in [0.2, 0.25) is 0 Å². The van der Waals surface area contributed by atoms with E-state index in [9.17, 15) is 29.1 Å². The summed E-state index contributed by atoms with van der Waals surface area (Å²) in [6.07, 6.45) is 9.22. The molecule has 1 unspecified atom stereocenters. The Hall–Kier alpha value is -11.1. The fraction of sp³-hybridized carbons (Fsp3) is 0.343. The number of amides is 3. The van der Waals surface area contributed by atoms with Crippen molar-refractivity contribution in [3.63, 3.8) is 0 Å². The monoisotopic (exact) mass is 1510 g/mol. The van der Waals surface area contributed by atoms with Crippen LogP contribution < -0.4 is 21.3 Å². The zero-order chi connectivity index (χ0) is 80.1. The van der Waals surface area contributed by atoms with Crippen LogP contribution in [0, 0.1) is 53.4 Å². The predicted molar refractivity (Wildman–Crippen MR) is 457 cm³/mol. The number of carbonyl (C=O) groups is 5. The number of carboxylic acid groups (broad SMARTS) is 2. The van der Waals surface area contributed by atoms with Gasteiger partial charge in [0.05, 0.1) is 24.0 Å². The summed E-state index contributed by atoms with van der Waals surface area (Å²) in [5, 5.41) is 34.4. The number of carbonyl (C=O) groups excluding carboxylic acids is 3. The van der Waals surface area contributed by atoms with Crippen LogP contribution in [0.1, 0.15) is 254 Å². The maximum Gasteiger partial charge on any atom is 0.320 e. The topological polar surface area (TPSA) is 189 Å².